The molecule has 1 fully saturated rings. The van der Waals surface area contributed by atoms with Crippen molar-refractivity contribution in [2.45, 2.75) is 111 Å². The third-order valence-corrected chi connectivity index (χ3v) is 13.8. The Morgan fingerprint density at radius 3 is 2.10 bits per heavy atom. The highest BCUT2D eigenvalue weighted by atomic mass is 31.1. The normalized spacial score (nSPS) is 20.0. The number of benzene rings is 4. The minimum absolute atomic E-state index is 0.00963. The lowest BCUT2D eigenvalue weighted by Gasteiger charge is -2.38. The maximum atomic E-state index is 7.19. The monoisotopic (exact) mass is 659 g/mol. The van der Waals surface area contributed by atoms with Crippen LogP contribution >= 0.6 is 8.58 Å². The molecule has 0 spiro atoms. The molecule has 1 saturated carbocycles. The van der Waals surface area contributed by atoms with Crippen LogP contribution in [0.2, 0.25) is 0 Å². The SMILES string of the molecule is CCCC1C(C)C1(C)c1cc(C(C)(C)C)cc(C(CC)(CC)Pc2c(C)cccc2/C(=N/C)c2ccccc2)c1OCc1ccccc1. The Kier molecular flexibility index (Phi) is 11.1. The zero-order valence-corrected chi connectivity index (χ0v) is 32.2. The lowest BCUT2D eigenvalue weighted by atomic mass is 9.78. The Labute approximate surface area is 293 Å². The predicted octanol–water partition coefficient (Wildman–Crippen LogP) is 11.7. The maximum Gasteiger partial charge on any atom is 0.127 e. The minimum Gasteiger partial charge on any atom is -0.488 e. The summed E-state index contributed by atoms with van der Waals surface area (Å²) in [4.78, 5) is 4.90. The van der Waals surface area contributed by atoms with Gasteiger partial charge in [-0.05, 0) is 65.4 Å². The molecule has 4 unspecified atom stereocenters. The van der Waals surface area contributed by atoms with Gasteiger partial charge in [0.25, 0.3) is 0 Å². The van der Waals surface area contributed by atoms with Gasteiger partial charge in [-0.2, -0.15) is 0 Å². The Bertz CT molecular complexity index is 1710. The number of rotatable bonds is 13. The van der Waals surface area contributed by atoms with E-state index >= 15 is 0 Å². The topological polar surface area (TPSA) is 21.6 Å². The van der Waals surface area contributed by atoms with Crippen molar-refractivity contribution < 1.29 is 4.74 Å². The van der Waals surface area contributed by atoms with Crippen molar-refractivity contribution in [2.75, 3.05) is 7.05 Å². The van der Waals surface area contributed by atoms with Gasteiger partial charge < -0.3 is 4.74 Å². The first-order valence-electron chi connectivity index (χ1n) is 18.2. The maximum absolute atomic E-state index is 7.19. The highest BCUT2D eigenvalue weighted by molar-refractivity contribution is 7.49. The van der Waals surface area contributed by atoms with Crippen LogP contribution < -0.4 is 10.0 Å². The molecule has 254 valence electrons. The molecule has 0 saturated heterocycles. The van der Waals surface area contributed by atoms with Gasteiger partial charge in [0.15, 0.2) is 0 Å². The summed E-state index contributed by atoms with van der Waals surface area (Å²) in [5.41, 5.74) is 10.4. The fourth-order valence-electron chi connectivity index (χ4n) is 7.99. The molecule has 2 nitrogen and oxygen atoms in total. The number of hydrogen-bond donors (Lipinski definition) is 0. The van der Waals surface area contributed by atoms with E-state index in [4.69, 9.17) is 9.73 Å². The molecule has 4 aromatic rings. The summed E-state index contributed by atoms with van der Waals surface area (Å²) in [6.07, 6.45) is 4.52. The van der Waals surface area contributed by atoms with E-state index in [0.29, 0.717) is 27.0 Å². The molecule has 0 aliphatic heterocycles. The van der Waals surface area contributed by atoms with Gasteiger partial charge in [0.05, 0.1) is 5.71 Å². The Hall–Kier alpha value is -3.22. The van der Waals surface area contributed by atoms with Crippen molar-refractivity contribution in [3.63, 3.8) is 0 Å². The summed E-state index contributed by atoms with van der Waals surface area (Å²) in [5.74, 6) is 2.43. The standard InChI is InChI=1S/C45H58NOP/c1-11-21-37-32(5)44(37,9)38-28-35(43(6,7)8)29-39(41(38)47-30-33-23-16-14-17-24-33)45(12-2,13-3)48-42-31(4)22-20-27-36(42)40(46-10)34-25-18-15-19-26-34/h14-20,22-29,32,37,48H,11-13,21,30H2,1-10H3/b46-40+. The second-order valence-corrected chi connectivity index (χ2v) is 16.9. The van der Waals surface area contributed by atoms with Crippen LogP contribution in [0.5, 0.6) is 5.75 Å². The van der Waals surface area contributed by atoms with E-state index in [1.54, 1.807) is 0 Å². The predicted molar refractivity (Wildman–Crippen MR) is 210 cm³/mol. The van der Waals surface area contributed by atoms with Crippen molar-refractivity contribution in [1.29, 1.82) is 0 Å². The smallest absolute Gasteiger partial charge is 0.127 e. The third kappa shape index (κ3) is 6.93. The van der Waals surface area contributed by atoms with E-state index in [1.165, 1.54) is 51.5 Å². The minimum atomic E-state index is -0.104. The van der Waals surface area contributed by atoms with Crippen LogP contribution in [-0.4, -0.2) is 12.8 Å². The number of aliphatic imine (C=N–C) groups is 1. The Balaban J connectivity index is 1.75. The van der Waals surface area contributed by atoms with Crippen LogP contribution in [0.15, 0.2) is 96.0 Å². The summed E-state index contributed by atoms with van der Waals surface area (Å²) in [6.45, 7) is 22.1. The number of nitrogens with zero attached hydrogens (tertiary/aromatic N) is 1. The molecule has 5 rings (SSSR count). The van der Waals surface area contributed by atoms with Crippen molar-refractivity contribution in [1.82, 2.24) is 0 Å². The largest absolute Gasteiger partial charge is 0.488 e. The molecule has 1 aliphatic rings. The summed E-state index contributed by atoms with van der Waals surface area (Å²) in [5, 5.41) is 1.31. The quantitative estimate of drug-likeness (QED) is 0.103. The third-order valence-electron chi connectivity index (χ3n) is 11.5. The van der Waals surface area contributed by atoms with Gasteiger partial charge in [-0.3, -0.25) is 4.99 Å². The molecule has 4 aromatic carbocycles. The van der Waals surface area contributed by atoms with Crippen molar-refractivity contribution in [2.24, 2.45) is 16.8 Å². The first kappa shape index (κ1) is 36.1. The van der Waals surface area contributed by atoms with E-state index in [-0.39, 0.29) is 16.0 Å². The fraction of sp³-hybridized carbons (Fsp3) is 0.444. The van der Waals surface area contributed by atoms with Gasteiger partial charge in [-0.1, -0.05) is 161 Å². The van der Waals surface area contributed by atoms with E-state index in [0.717, 1.165) is 29.9 Å². The molecule has 3 heteroatoms. The molecule has 0 bridgehead atoms. The molecule has 4 atom stereocenters. The van der Waals surface area contributed by atoms with Crippen molar-refractivity contribution >= 4 is 19.6 Å². The number of aryl methyl sites for hydroxylation is 1. The van der Waals surface area contributed by atoms with E-state index < -0.39 is 0 Å². The molecule has 0 aromatic heterocycles. The Morgan fingerprint density at radius 1 is 0.875 bits per heavy atom. The van der Waals surface area contributed by atoms with Crippen LogP contribution in [0, 0.1) is 18.8 Å². The van der Waals surface area contributed by atoms with Crippen LogP contribution in [0.4, 0.5) is 0 Å². The molecular weight excluding hydrogens is 601 g/mol. The lowest BCUT2D eigenvalue weighted by molar-refractivity contribution is 0.291. The Morgan fingerprint density at radius 2 is 1.52 bits per heavy atom. The van der Waals surface area contributed by atoms with Crippen LogP contribution in [0.3, 0.4) is 0 Å². The highest BCUT2D eigenvalue weighted by Crippen LogP contribution is 2.65. The number of ether oxygens (including phenoxy) is 1. The summed E-state index contributed by atoms with van der Waals surface area (Å²) in [7, 11) is 2.49. The molecule has 0 heterocycles. The van der Waals surface area contributed by atoms with Crippen LogP contribution in [-0.2, 0) is 22.6 Å². The molecule has 48 heavy (non-hydrogen) atoms. The average molecular weight is 660 g/mol. The van der Waals surface area contributed by atoms with Gasteiger partial charge in [-0.25, -0.2) is 0 Å². The molecule has 0 radical (unpaired) electrons. The highest BCUT2D eigenvalue weighted by Gasteiger charge is 2.60. The van der Waals surface area contributed by atoms with Gasteiger partial charge >= 0.3 is 0 Å². The number of hydrogen-bond acceptors (Lipinski definition) is 2. The zero-order chi connectivity index (χ0) is 34.7. The van der Waals surface area contributed by atoms with Gasteiger partial charge in [0, 0.05) is 39.9 Å². The zero-order valence-electron chi connectivity index (χ0n) is 31.2. The summed E-state index contributed by atoms with van der Waals surface area (Å²) >= 11 is 0. The van der Waals surface area contributed by atoms with E-state index in [1.807, 2.05) is 7.05 Å². The van der Waals surface area contributed by atoms with Gasteiger partial charge in [0.1, 0.15) is 12.4 Å². The fourth-order valence-corrected chi connectivity index (χ4v) is 9.76. The van der Waals surface area contributed by atoms with Crippen LogP contribution in [0.1, 0.15) is 120 Å². The van der Waals surface area contributed by atoms with Gasteiger partial charge in [-0.15, -0.1) is 0 Å². The molecule has 1 aliphatic carbocycles. The second-order valence-electron chi connectivity index (χ2n) is 15.2. The summed E-state index contributed by atoms with van der Waals surface area (Å²) < 4.78 is 7.19. The van der Waals surface area contributed by atoms with Gasteiger partial charge in [0.2, 0.25) is 0 Å². The molecule has 0 amide bonds. The first-order chi connectivity index (χ1) is 22.9. The van der Waals surface area contributed by atoms with Crippen molar-refractivity contribution in [3.05, 3.63) is 130 Å². The lowest BCUT2D eigenvalue weighted by Crippen LogP contribution is -2.28. The molecule has 0 N–H and O–H groups in total. The average Bonchev–Trinajstić information content (AvgIpc) is 3.62. The van der Waals surface area contributed by atoms with E-state index in [9.17, 15) is 0 Å². The van der Waals surface area contributed by atoms with Crippen molar-refractivity contribution in [3.8, 4) is 5.75 Å². The van der Waals surface area contributed by atoms with E-state index in [2.05, 4.69) is 153 Å². The van der Waals surface area contributed by atoms with Crippen LogP contribution in [0.25, 0.3) is 0 Å². The second kappa shape index (κ2) is 14.7. The summed E-state index contributed by atoms with van der Waals surface area (Å²) in [6, 6.07) is 33.2. The molecular formula is C45H58NOP. The first-order valence-corrected chi connectivity index (χ1v) is 19.2.